The molecular weight excluding hydrogens is 290 g/mol. The second-order valence-electron chi connectivity index (χ2n) is 5.21. The van der Waals surface area contributed by atoms with Gasteiger partial charge in [0, 0.05) is 46.0 Å². The second kappa shape index (κ2) is 8.47. The molecule has 7 nitrogen and oxygen atoms in total. The molecule has 0 saturated heterocycles. The van der Waals surface area contributed by atoms with Gasteiger partial charge in [0.25, 0.3) is 10.2 Å². The van der Waals surface area contributed by atoms with Crippen LogP contribution >= 0.6 is 0 Å². The molecule has 0 amide bonds. The molecular formula is C13H27N5O2S. The fraction of sp³-hybridized carbons (Fsp3) is 0.769. The SMILES string of the molecule is CCCNCCCN(C)S(=O)(=O)N(C)Cc1cnn(C)c1. The maximum Gasteiger partial charge on any atom is 0.281 e. The molecule has 0 radical (unpaired) electrons. The first kappa shape index (κ1) is 18.1. The Labute approximate surface area is 128 Å². The zero-order valence-corrected chi connectivity index (χ0v) is 14.2. The van der Waals surface area contributed by atoms with E-state index in [1.807, 2.05) is 13.2 Å². The Hall–Kier alpha value is -0.960. The largest absolute Gasteiger partial charge is 0.317 e. The number of aromatic nitrogens is 2. The van der Waals surface area contributed by atoms with Gasteiger partial charge >= 0.3 is 0 Å². The first-order chi connectivity index (χ1) is 9.87. The lowest BCUT2D eigenvalue weighted by atomic mass is 10.4. The maximum atomic E-state index is 12.4. The Kier molecular flexibility index (Phi) is 7.30. The minimum Gasteiger partial charge on any atom is -0.317 e. The van der Waals surface area contributed by atoms with Gasteiger partial charge in [-0.05, 0) is 25.9 Å². The molecule has 1 aromatic rings. The molecule has 0 saturated carbocycles. The molecule has 1 heterocycles. The monoisotopic (exact) mass is 317 g/mol. The minimum absolute atomic E-state index is 0.328. The molecule has 8 heteroatoms. The predicted octanol–water partition coefficient (Wildman–Crippen LogP) is 0.418. The zero-order valence-electron chi connectivity index (χ0n) is 13.4. The lowest BCUT2D eigenvalue weighted by Crippen LogP contribution is -2.40. The van der Waals surface area contributed by atoms with E-state index in [4.69, 9.17) is 0 Å². The fourth-order valence-corrected chi connectivity index (χ4v) is 3.12. The number of hydrogen-bond acceptors (Lipinski definition) is 4. The highest BCUT2D eigenvalue weighted by Crippen LogP contribution is 2.09. The summed E-state index contributed by atoms with van der Waals surface area (Å²) in [6, 6.07) is 0. The summed E-state index contributed by atoms with van der Waals surface area (Å²) >= 11 is 0. The molecule has 0 spiro atoms. The van der Waals surface area contributed by atoms with Crippen LogP contribution < -0.4 is 5.32 Å². The van der Waals surface area contributed by atoms with Gasteiger partial charge in [-0.1, -0.05) is 6.92 Å². The number of hydrogen-bond donors (Lipinski definition) is 1. The van der Waals surface area contributed by atoms with Crippen LogP contribution in [-0.4, -0.2) is 60.5 Å². The molecule has 0 fully saturated rings. The summed E-state index contributed by atoms with van der Waals surface area (Å²) in [6.07, 6.45) is 5.39. The molecule has 0 aliphatic carbocycles. The van der Waals surface area contributed by atoms with Gasteiger partial charge in [-0.15, -0.1) is 0 Å². The number of aryl methyl sites for hydroxylation is 1. The van der Waals surface area contributed by atoms with E-state index in [0.717, 1.165) is 31.5 Å². The molecule has 0 aliphatic heterocycles. The Bertz CT molecular complexity index is 514. The highest BCUT2D eigenvalue weighted by molar-refractivity contribution is 7.86. The summed E-state index contributed by atoms with van der Waals surface area (Å²) < 4.78 is 29.1. The van der Waals surface area contributed by atoms with Crippen LogP contribution in [0.3, 0.4) is 0 Å². The third-order valence-electron chi connectivity index (χ3n) is 3.20. The van der Waals surface area contributed by atoms with Crippen molar-refractivity contribution in [2.45, 2.75) is 26.3 Å². The maximum absolute atomic E-state index is 12.4. The average Bonchev–Trinajstić information content (AvgIpc) is 2.83. The van der Waals surface area contributed by atoms with E-state index in [9.17, 15) is 8.42 Å². The summed E-state index contributed by atoms with van der Waals surface area (Å²) in [5.41, 5.74) is 0.876. The van der Waals surface area contributed by atoms with Crippen LogP contribution in [0.5, 0.6) is 0 Å². The van der Waals surface area contributed by atoms with Gasteiger partial charge in [0.05, 0.1) is 6.20 Å². The first-order valence-corrected chi connectivity index (χ1v) is 8.63. The van der Waals surface area contributed by atoms with Crippen LogP contribution in [0.25, 0.3) is 0 Å². The van der Waals surface area contributed by atoms with Crippen molar-refractivity contribution in [3.63, 3.8) is 0 Å². The molecule has 0 atom stereocenters. The van der Waals surface area contributed by atoms with Crippen LogP contribution in [0, 0.1) is 0 Å². The molecule has 1 N–H and O–H groups in total. The number of rotatable bonds is 10. The summed E-state index contributed by atoms with van der Waals surface area (Å²) in [6.45, 7) is 4.75. The summed E-state index contributed by atoms with van der Waals surface area (Å²) in [5, 5.41) is 7.32. The van der Waals surface area contributed by atoms with E-state index in [0.29, 0.717) is 13.1 Å². The van der Waals surface area contributed by atoms with Gasteiger partial charge in [0.15, 0.2) is 0 Å². The van der Waals surface area contributed by atoms with Gasteiger partial charge in [0.2, 0.25) is 0 Å². The van der Waals surface area contributed by atoms with Crippen LogP contribution in [0.1, 0.15) is 25.3 Å². The Morgan fingerprint density at radius 1 is 1.29 bits per heavy atom. The van der Waals surface area contributed by atoms with Crippen molar-refractivity contribution in [1.29, 1.82) is 0 Å². The highest BCUT2D eigenvalue weighted by Gasteiger charge is 2.23. The smallest absolute Gasteiger partial charge is 0.281 e. The topological polar surface area (TPSA) is 70.5 Å². The van der Waals surface area contributed by atoms with Gasteiger partial charge in [0.1, 0.15) is 0 Å². The van der Waals surface area contributed by atoms with Gasteiger partial charge in [-0.2, -0.15) is 22.1 Å². The molecule has 0 bridgehead atoms. The van der Waals surface area contributed by atoms with Crippen molar-refractivity contribution in [1.82, 2.24) is 23.7 Å². The summed E-state index contributed by atoms with van der Waals surface area (Å²) in [7, 11) is 1.61. The van der Waals surface area contributed by atoms with E-state index in [-0.39, 0.29) is 0 Å². The Balaban J connectivity index is 2.46. The van der Waals surface area contributed by atoms with E-state index < -0.39 is 10.2 Å². The number of nitrogens with zero attached hydrogens (tertiary/aromatic N) is 4. The van der Waals surface area contributed by atoms with Crippen LogP contribution in [0.4, 0.5) is 0 Å². The van der Waals surface area contributed by atoms with Crippen LogP contribution in [0.15, 0.2) is 12.4 Å². The lowest BCUT2D eigenvalue weighted by Gasteiger charge is -2.24. The van der Waals surface area contributed by atoms with Crippen molar-refractivity contribution in [2.75, 3.05) is 33.7 Å². The van der Waals surface area contributed by atoms with Crippen molar-refractivity contribution in [2.24, 2.45) is 7.05 Å². The zero-order chi connectivity index (χ0) is 15.9. The molecule has 122 valence electrons. The van der Waals surface area contributed by atoms with Crippen LogP contribution in [-0.2, 0) is 23.8 Å². The first-order valence-electron chi connectivity index (χ1n) is 7.23. The standard InChI is InChI=1S/C13H27N5O2S/c1-5-7-14-8-6-9-17(3)21(19,20)18(4)12-13-10-15-16(2)11-13/h10-11,14H,5-9,12H2,1-4H3. The average molecular weight is 317 g/mol. The quantitative estimate of drug-likeness (QED) is 0.635. The lowest BCUT2D eigenvalue weighted by molar-refractivity contribution is 0.384. The highest BCUT2D eigenvalue weighted by atomic mass is 32.2. The van der Waals surface area contributed by atoms with E-state index in [2.05, 4.69) is 17.3 Å². The molecule has 1 aromatic heterocycles. The second-order valence-corrected chi connectivity index (χ2v) is 7.35. The minimum atomic E-state index is -3.42. The molecule has 0 unspecified atom stereocenters. The van der Waals surface area contributed by atoms with E-state index >= 15 is 0 Å². The van der Waals surface area contributed by atoms with Crippen LogP contribution in [0.2, 0.25) is 0 Å². The molecule has 0 aliphatic rings. The normalized spacial score (nSPS) is 12.5. The fourth-order valence-electron chi connectivity index (χ4n) is 1.97. The molecule has 1 rings (SSSR count). The summed E-state index contributed by atoms with van der Waals surface area (Å²) in [4.78, 5) is 0. The van der Waals surface area contributed by atoms with E-state index in [1.165, 1.54) is 8.61 Å². The van der Waals surface area contributed by atoms with Crippen molar-refractivity contribution >= 4 is 10.2 Å². The van der Waals surface area contributed by atoms with Crippen molar-refractivity contribution in [3.05, 3.63) is 18.0 Å². The predicted molar refractivity (Wildman–Crippen MR) is 84.0 cm³/mol. The third-order valence-corrected chi connectivity index (χ3v) is 5.09. The van der Waals surface area contributed by atoms with E-state index in [1.54, 1.807) is 25.0 Å². The summed E-state index contributed by atoms with van der Waals surface area (Å²) in [5.74, 6) is 0. The third kappa shape index (κ3) is 5.74. The molecule has 0 aromatic carbocycles. The van der Waals surface area contributed by atoms with Crippen molar-refractivity contribution < 1.29 is 8.42 Å². The molecule has 21 heavy (non-hydrogen) atoms. The van der Waals surface area contributed by atoms with Crippen molar-refractivity contribution in [3.8, 4) is 0 Å². The van der Waals surface area contributed by atoms with Gasteiger partial charge in [-0.3, -0.25) is 4.68 Å². The number of nitrogens with one attached hydrogen (secondary N) is 1. The van der Waals surface area contributed by atoms with Gasteiger partial charge < -0.3 is 5.32 Å². The Morgan fingerprint density at radius 2 is 2.00 bits per heavy atom. The Morgan fingerprint density at radius 3 is 2.57 bits per heavy atom. The van der Waals surface area contributed by atoms with Gasteiger partial charge in [-0.25, -0.2) is 0 Å².